The number of benzene rings is 2. The van der Waals surface area contributed by atoms with Crippen LogP contribution < -0.4 is 0 Å². The van der Waals surface area contributed by atoms with Gasteiger partial charge in [-0.25, -0.2) is 8.42 Å². The highest BCUT2D eigenvalue weighted by Crippen LogP contribution is 2.37. The van der Waals surface area contributed by atoms with Gasteiger partial charge in [0.1, 0.15) is 0 Å². The van der Waals surface area contributed by atoms with Crippen LogP contribution in [0.2, 0.25) is 0 Å². The largest absolute Gasteiger partial charge is 0.286 e. The van der Waals surface area contributed by atoms with Gasteiger partial charge in [0.15, 0.2) is 0 Å². The van der Waals surface area contributed by atoms with Crippen LogP contribution in [-0.2, 0) is 14.8 Å². The van der Waals surface area contributed by atoms with Crippen molar-refractivity contribution in [3.05, 3.63) is 66.2 Å². The zero-order valence-corrected chi connectivity index (χ0v) is 16.4. The van der Waals surface area contributed by atoms with Crippen LogP contribution in [0, 0.1) is 5.92 Å². The van der Waals surface area contributed by atoms with Crippen molar-refractivity contribution in [2.24, 2.45) is 5.92 Å². The molecule has 6 heteroatoms. The van der Waals surface area contributed by atoms with Gasteiger partial charge in [-0.2, -0.15) is 4.31 Å². The lowest BCUT2D eigenvalue weighted by atomic mass is 9.86. The van der Waals surface area contributed by atoms with Crippen LogP contribution in [-0.4, -0.2) is 30.4 Å². The van der Waals surface area contributed by atoms with Crippen LogP contribution in [0.3, 0.4) is 0 Å². The Bertz CT molecular complexity index is 853. The molecule has 0 amide bonds. The SMILES string of the molecule is C[C@@H](CC1CCN(S(=O)(=O)c2ccccc2)C1C(=O)S)c1ccccc1. The van der Waals surface area contributed by atoms with Gasteiger partial charge in [-0.15, -0.1) is 12.6 Å². The number of nitrogens with zero attached hydrogens (tertiary/aromatic N) is 1. The summed E-state index contributed by atoms with van der Waals surface area (Å²) in [6.07, 6.45) is 1.42. The van der Waals surface area contributed by atoms with E-state index in [-0.39, 0.29) is 21.8 Å². The first-order valence-corrected chi connectivity index (χ1v) is 10.6. The number of carbonyl (C=O) groups excluding carboxylic acids is 1. The van der Waals surface area contributed by atoms with Crippen molar-refractivity contribution in [3.8, 4) is 0 Å². The smallest absolute Gasteiger partial charge is 0.243 e. The molecule has 1 saturated heterocycles. The molecular weight excluding hydrogens is 366 g/mol. The van der Waals surface area contributed by atoms with Crippen molar-refractivity contribution < 1.29 is 13.2 Å². The summed E-state index contributed by atoms with van der Waals surface area (Å²) in [6.45, 7) is 2.46. The predicted molar refractivity (Wildman–Crippen MR) is 106 cm³/mol. The van der Waals surface area contributed by atoms with Crippen molar-refractivity contribution in [1.82, 2.24) is 4.31 Å². The van der Waals surface area contributed by atoms with E-state index in [1.807, 2.05) is 18.2 Å². The van der Waals surface area contributed by atoms with Gasteiger partial charge < -0.3 is 0 Å². The topological polar surface area (TPSA) is 54.5 Å². The monoisotopic (exact) mass is 389 g/mol. The lowest BCUT2D eigenvalue weighted by molar-refractivity contribution is -0.114. The summed E-state index contributed by atoms with van der Waals surface area (Å²) < 4.78 is 27.3. The first kappa shape index (κ1) is 19.1. The van der Waals surface area contributed by atoms with Crippen LogP contribution in [0.1, 0.15) is 31.2 Å². The van der Waals surface area contributed by atoms with E-state index in [1.54, 1.807) is 30.3 Å². The van der Waals surface area contributed by atoms with Gasteiger partial charge in [-0.3, -0.25) is 4.79 Å². The summed E-state index contributed by atoms with van der Waals surface area (Å²) in [6, 6.07) is 17.7. The Hall–Kier alpha value is -1.63. The van der Waals surface area contributed by atoms with Gasteiger partial charge in [-0.05, 0) is 42.4 Å². The standard InChI is InChI=1S/C20H23NO3S2/c1-15(16-8-4-2-5-9-16)14-17-12-13-21(19(17)20(22)25)26(23,24)18-10-6-3-7-11-18/h2-11,15,17,19H,12-14H2,1H3,(H,22,25)/t15-,17?,19?/m0/s1. The molecule has 0 spiro atoms. The molecule has 3 rings (SSSR count). The summed E-state index contributed by atoms with van der Waals surface area (Å²) in [5, 5.41) is -0.382. The molecule has 1 fully saturated rings. The van der Waals surface area contributed by atoms with Crippen LogP contribution in [0.25, 0.3) is 0 Å². The average Bonchev–Trinajstić information content (AvgIpc) is 3.08. The maximum absolute atomic E-state index is 13.0. The minimum Gasteiger partial charge on any atom is -0.286 e. The molecule has 2 unspecified atom stereocenters. The quantitative estimate of drug-likeness (QED) is 0.766. The third-order valence-electron chi connectivity index (χ3n) is 5.10. The Labute approximate surface area is 160 Å². The summed E-state index contributed by atoms with van der Waals surface area (Å²) in [5.74, 6) is 0.212. The zero-order valence-electron chi connectivity index (χ0n) is 14.7. The maximum Gasteiger partial charge on any atom is 0.243 e. The summed E-state index contributed by atoms with van der Waals surface area (Å²) >= 11 is 4.02. The fourth-order valence-corrected chi connectivity index (χ4v) is 5.88. The van der Waals surface area contributed by atoms with Gasteiger partial charge in [0, 0.05) is 6.54 Å². The summed E-state index contributed by atoms with van der Waals surface area (Å²) in [7, 11) is -3.70. The van der Waals surface area contributed by atoms with E-state index in [0.29, 0.717) is 13.0 Å². The first-order chi connectivity index (χ1) is 12.4. The predicted octanol–water partition coefficient (Wildman–Crippen LogP) is 3.72. The van der Waals surface area contributed by atoms with Gasteiger partial charge >= 0.3 is 0 Å². The molecule has 0 aromatic heterocycles. The number of sulfonamides is 1. The van der Waals surface area contributed by atoms with Crippen molar-refractivity contribution in [2.45, 2.75) is 36.6 Å². The second-order valence-electron chi connectivity index (χ2n) is 6.81. The Morgan fingerprint density at radius 1 is 1.12 bits per heavy atom. The second kappa shape index (κ2) is 7.94. The Morgan fingerprint density at radius 2 is 1.69 bits per heavy atom. The molecule has 138 valence electrons. The fourth-order valence-electron chi connectivity index (χ4n) is 3.77. The van der Waals surface area contributed by atoms with Crippen LogP contribution >= 0.6 is 12.6 Å². The molecule has 1 heterocycles. The number of thiol groups is 1. The van der Waals surface area contributed by atoms with E-state index in [4.69, 9.17) is 0 Å². The highest BCUT2D eigenvalue weighted by atomic mass is 32.2. The maximum atomic E-state index is 13.0. The third-order valence-corrected chi connectivity index (χ3v) is 7.26. The number of rotatable bonds is 6. The van der Waals surface area contributed by atoms with Crippen LogP contribution in [0.5, 0.6) is 0 Å². The van der Waals surface area contributed by atoms with Crippen molar-refractivity contribution in [3.63, 3.8) is 0 Å². The molecule has 2 aromatic rings. The van der Waals surface area contributed by atoms with Crippen LogP contribution in [0.4, 0.5) is 0 Å². The van der Waals surface area contributed by atoms with E-state index in [9.17, 15) is 13.2 Å². The Morgan fingerprint density at radius 3 is 2.27 bits per heavy atom. The number of carbonyl (C=O) groups is 1. The molecule has 0 radical (unpaired) electrons. The minimum absolute atomic E-state index is 0.0336. The number of hydrogen-bond donors (Lipinski definition) is 1. The molecule has 4 nitrogen and oxygen atoms in total. The number of hydrogen-bond acceptors (Lipinski definition) is 3. The van der Waals surface area contributed by atoms with Crippen molar-refractivity contribution in [1.29, 1.82) is 0 Å². The highest BCUT2D eigenvalue weighted by molar-refractivity contribution is 7.97. The first-order valence-electron chi connectivity index (χ1n) is 8.76. The normalized spacial score (nSPS) is 22.2. The molecule has 1 aliphatic heterocycles. The summed E-state index contributed by atoms with van der Waals surface area (Å²) in [4.78, 5) is 12.4. The Kier molecular flexibility index (Phi) is 5.85. The highest BCUT2D eigenvalue weighted by Gasteiger charge is 2.44. The van der Waals surface area contributed by atoms with E-state index in [1.165, 1.54) is 9.87 Å². The second-order valence-corrected chi connectivity index (χ2v) is 9.14. The molecule has 26 heavy (non-hydrogen) atoms. The van der Waals surface area contributed by atoms with Crippen molar-refractivity contribution >= 4 is 27.8 Å². The molecular formula is C20H23NO3S2. The molecule has 3 atom stereocenters. The molecule has 1 aliphatic rings. The third kappa shape index (κ3) is 3.87. The minimum atomic E-state index is -3.70. The van der Waals surface area contributed by atoms with Crippen molar-refractivity contribution in [2.75, 3.05) is 6.54 Å². The molecule has 0 aliphatic carbocycles. The van der Waals surface area contributed by atoms with E-state index in [0.717, 1.165) is 6.42 Å². The molecule has 0 N–H and O–H groups in total. The molecule has 0 saturated carbocycles. The lowest BCUT2D eigenvalue weighted by Gasteiger charge is -2.26. The van der Waals surface area contributed by atoms with Crippen LogP contribution in [0.15, 0.2) is 65.6 Å². The van der Waals surface area contributed by atoms with E-state index in [2.05, 4.69) is 31.7 Å². The van der Waals surface area contributed by atoms with Gasteiger partial charge in [0.2, 0.25) is 15.1 Å². The van der Waals surface area contributed by atoms with Gasteiger partial charge in [-0.1, -0.05) is 55.5 Å². The van der Waals surface area contributed by atoms with E-state index >= 15 is 0 Å². The zero-order chi connectivity index (χ0) is 18.7. The lowest BCUT2D eigenvalue weighted by Crippen LogP contribution is -2.41. The van der Waals surface area contributed by atoms with E-state index < -0.39 is 16.1 Å². The molecule has 2 aromatic carbocycles. The summed E-state index contributed by atoms with van der Waals surface area (Å²) in [5.41, 5.74) is 1.20. The average molecular weight is 390 g/mol. The Balaban J connectivity index is 1.83. The van der Waals surface area contributed by atoms with Gasteiger partial charge in [0.25, 0.3) is 0 Å². The van der Waals surface area contributed by atoms with Gasteiger partial charge in [0.05, 0.1) is 10.9 Å². The molecule has 0 bridgehead atoms. The fraction of sp³-hybridized carbons (Fsp3) is 0.350.